The first-order valence-corrected chi connectivity index (χ1v) is 7.35. The number of hydrogen-bond acceptors (Lipinski definition) is 4. The molecule has 0 aromatic heterocycles. The Labute approximate surface area is 114 Å². The maximum absolute atomic E-state index is 12.5. The van der Waals surface area contributed by atoms with Gasteiger partial charge in [0.1, 0.15) is 4.90 Å². The second-order valence-electron chi connectivity index (χ2n) is 4.36. The fraction of sp³-hybridized carbons (Fsp3) is 0.500. The van der Waals surface area contributed by atoms with Crippen LogP contribution in [0.3, 0.4) is 0 Å². The van der Waals surface area contributed by atoms with E-state index in [-0.39, 0.29) is 32.7 Å². The second-order valence-corrected chi connectivity index (χ2v) is 6.37. The molecule has 3 N–H and O–H groups in total. The lowest BCUT2D eigenvalue weighted by Gasteiger charge is -2.19. The fourth-order valence-corrected chi connectivity index (χ4v) is 4.47. The lowest BCUT2D eigenvalue weighted by atomic mass is 10.3. The van der Waals surface area contributed by atoms with Crippen molar-refractivity contribution in [3.8, 4) is 5.75 Å². The zero-order chi connectivity index (χ0) is 13.3. The number of methoxy groups -OCH3 is 1. The molecular formula is C12H16ClNO3S. The molecule has 3 atom stereocenters. The SMILES string of the molecule is COC1CCC[C@H]1S(=O)c1c(Cl)ccc(N)c1O. The summed E-state index contributed by atoms with van der Waals surface area (Å²) in [4.78, 5) is 0.227. The summed E-state index contributed by atoms with van der Waals surface area (Å²) in [5.74, 6) is -0.178. The smallest absolute Gasteiger partial charge is 0.156 e. The Morgan fingerprint density at radius 2 is 2.22 bits per heavy atom. The van der Waals surface area contributed by atoms with Crippen LogP contribution in [0.25, 0.3) is 0 Å². The summed E-state index contributed by atoms with van der Waals surface area (Å²) in [6.07, 6.45) is 2.60. The van der Waals surface area contributed by atoms with Crippen molar-refractivity contribution in [2.24, 2.45) is 0 Å². The molecule has 1 aromatic carbocycles. The quantitative estimate of drug-likeness (QED) is 0.661. The number of benzene rings is 1. The van der Waals surface area contributed by atoms with Gasteiger partial charge in [-0.25, -0.2) is 0 Å². The van der Waals surface area contributed by atoms with Crippen molar-refractivity contribution in [2.45, 2.75) is 35.5 Å². The van der Waals surface area contributed by atoms with Crippen molar-refractivity contribution in [2.75, 3.05) is 12.8 Å². The molecule has 18 heavy (non-hydrogen) atoms. The van der Waals surface area contributed by atoms with Gasteiger partial charge >= 0.3 is 0 Å². The van der Waals surface area contributed by atoms with E-state index in [4.69, 9.17) is 22.1 Å². The molecule has 100 valence electrons. The van der Waals surface area contributed by atoms with Crippen LogP contribution < -0.4 is 5.73 Å². The van der Waals surface area contributed by atoms with Crippen LogP contribution >= 0.6 is 11.6 Å². The molecule has 1 aromatic rings. The van der Waals surface area contributed by atoms with Gasteiger partial charge in [-0.05, 0) is 31.4 Å². The highest BCUT2D eigenvalue weighted by atomic mass is 35.5. The Kier molecular flexibility index (Phi) is 4.14. The van der Waals surface area contributed by atoms with Gasteiger partial charge in [0.2, 0.25) is 0 Å². The van der Waals surface area contributed by atoms with E-state index in [1.165, 1.54) is 6.07 Å². The second kappa shape index (κ2) is 5.47. The Hall–Kier alpha value is -0.780. The number of halogens is 1. The van der Waals surface area contributed by atoms with Crippen LogP contribution in [-0.2, 0) is 15.5 Å². The van der Waals surface area contributed by atoms with E-state index < -0.39 is 10.8 Å². The molecule has 0 amide bonds. The van der Waals surface area contributed by atoms with Crippen LogP contribution in [0.5, 0.6) is 5.75 Å². The first kappa shape index (κ1) is 13.6. The minimum atomic E-state index is -1.41. The Morgan fingerprint density at radius 1 is 1.50 bits per heavy atom. The van der Waals surface area contributed by atoms with Crippen molar-refractivity contribution in [1.29, 1.82) is 0 Å². The number of nitrogens with two attached hydrogens (primary N) is 1. The predicted molar refractivity (Wildman–Crippen MR) is 72.4 cm³/mol. The minimum absolute atomic E-state index is 0.0530. The average molecular weight is 290 g/mol. The van der Waals surface area contributed by atoms with E-state index in [0.29, 0.717) is 0 Å². The van der Waals surface area contributed by atoms with E-state index in [1.807, 2.05) is 0 Å². The normalized spacial score (nSPS) is 25.2. The molecule has 1 aliphatic rings. The zero-order valence-electron chi connectivity index (χ0n) is 10.1. The van der Waals surface area contributed by atoms with Gasteiger partial charge in [-0.1, -0.05) is 11.6 Å². The number of anilines is 1. The number of nitrogen functional groups attached to an aromatic ring is 1. The van der Waals surface area contributed by atoms with E-state index in [1.54, 1.807) is 13.2 Å². The largest absolute Gasteiger partial charge is 0.505 e. The molecule has 0 spiro atoms. The molecule has 6 heteroatoms. The number of phenols is 1. The van der Waals surface area contributed by atoms with Gasteiger partial charge in [-0.3, -0.25) is 4.21 Å². The number of ether oxygens (including phenoxy) is 1. The predicted octanol–water partition coefficient (Wildman–Crippen LogP) is 2.30. The third-order valence-corrected chi connectivity index (χ3v) is 5.62. The molecule has 1 aliphatic carbocycles. The molecule has 0 bridgehead atoms. The van der Waals surface area contributed by atoms with Crippen LogP contribution in [0.15, 0.2) is 17.0 Å². The Balaban J connectivity index is 2.37. The summed E-state index contributed by atoms with van der Waals surface area (Å²) in [5.41, 5.74) is 5.81. The topological polar surface area (TPSA) is 72.5 Å². The van der Waals surface area contributed by atoms with E-state index in [9.17, 15) is 9.32 Å². The maximum atomic E-state index is 12.5. The van der Waals surface area contributed by atoms with E-state index in [0.717, 1.165) is 19.3 Å². The van der Waals surface area contributed by atoms with Crippen molar-refractivity contribution in [3.05, 3.63) is 17.2 Å². The highest BCUT2D eigenvalue weighted by molar-refractivity contribution is 7.86. The van der Waals surface area contributed by atoms with Crippen LogP contribution in [-0.4, -0.2) is 27.8 Å². The highest BCUT2D eigenvalue weighted by Gasteiger charge is 2.35. The van der Waals surface area contributed by atoms with Gasteiger partial charge in [-0.15, -0.1) is 0 Å². The number of phenolic OH excluding ortho intramolecular Hbond substituents is 1. The lowest BCUT2D eigenvalue weighted by Crippen LogP contribution is -2.26. The molecule has 0 saturated heterocycles. The molecule has 4 nitrogen and oxygen atoms in total. The van der Waals surface area contributed by atoms with Gasteiger partial charge in [0.05, 0.1) is 32.9 Å². The molecule has 1 saturated carbocycles. The number of hydrogen-bond donors (Lipinski definition) is 2. The molecule has 2 unspecified atom stereocenters. The van der Waals surface area contributed by atoms with Crippen LogP contribution in [0, 0.1) is 0 Å². The van der Waals surface area contributed by atoms with Crippen molar-refractivity contribution >= 4 is 28.1 Å². The Bertz CT molecular complexity index is 481. The highest BCUT2D eigenvalue weighted by Crippen LogP contribution is 2.38. The number of rotatable bonds is 3. The molecule has 2 rings (SSSR count). The summed E-state index contributed by atoms with van der Waals surface area (Å²) in [5, 5.41) is 10.1. The van der Waals surface area contributed by atoms with Crippen molar-refractivity contribution in [1.82, 2.24) is 0 Å². The zero-order valence-corrected chi connectivity index (χ0v) is 11.6. The van der Waals surface area contributed by atoms with Crippen LogP contribution in [0.4, 0.5) is 5.69 Å². The average Bonchev–Trinajstić information content (AvgIpc) is 2.82. The third-order valence-electron chi connectivity index (χ3n) is 3.29. The van der Waals surface area contributed by atoms with Crippen LogP contribution in [0.1, 0.15) is 19.3 Å². The lowest BCUT2D eigenvalue weighted by molar-refractivity contribution is 0.112. The third kappa shape index (κ3) is 2.35. The Morgan fingerprint density at radius 3 is 2.89 bits per heavy atom. The molecular weight excluding hydrogens is 274 g/mol. The summed E-state index contributed by atoms with van der Waals surface area (Å²) < 4.78 is 17.9. The fourth-order valence-electron chi connectivity index (χ4n) is 2.31. The maximum Gasteiger partial charge on any atom is 0.156 e. The molecule has 0 radical (unpaired) electrons. The van der Waals surface area contributed by atoms with Crippen molar-refractivity contribution in [3.63, 3.8) is 0 Å². The van der Waals surface area contributed by atoms with Gasteiger partial charge in [0.15, 0.2) is 5.75 Å². The van der Waals surface area contributed by atoms with Gasteiger partial charge in [0, 0.05) is 7.11 Å². The van der Waals surface area contributed by atoms with Crippen LogP contribution in [0.2, 0.25) is 5.02 Å². The van der Waals surface area contributed by atoms with E-state index in [2.05, 4.69) is 0 Å². The first-order chi connectivity index (χ1) is 8.56. The molecule has 1 fully saturated rings. The summed E-state index contributed by atoms with van der Waals surface area (Å²) in [6, 6.07) is 3.06. The van der Waals surface area contributed by atoms with E-state index >= 15 is 0 Å². The summed E-state index contributed by atoms with van der Waals surface area (Å²) >= 11 is 6.02. The van der Waals surface area contributed by atoms with Crippen molar-refractivity contribution < 1.29 is 14.1 Å². The standard InChI is InChI=1S/C12H16ClNO3S/c1-17-9-3-2-4-10(9)18(16)12-7(13)5-6-8(14)11(12)15/h5-6,9-10,15H,2-4,14H2,1H3/t9?,10-,18?/m1/s1. The van der Waals surface area contributed by atoms with Gasteiger partial charge in [-0.2, -0.15) is 0 Å². The first-order valence-electron chi connectivity index (χ1n) is 5.76. The summed E-state index contributed by atoms with van der Waals surface area (Å²) in [7, 11) is 0.203. The number of aromatic hydroxyl groups is 1. The molecule has 0 heterocycles. The minimum Gasteiger partial charge on any atom is -0.505 e. The monoisotopic (exact) mass is 289 g/mol. The molecule has 0 aliphatic heterocycles. The van der Waals surface area contributed by atoms with Gasteiger partial charge in [0.25, 0.3) is 0 Å². The van der Waals surface area contributed by atoms with Gasteiger partial charge < -0.3 is 15.6 Å². The summed E-state index contributed by atoms with van der Waals surface area (Å²) in [6.45, 7) is 0.